The van der Waals surface area contributed by atoms with Crippen molar-refractivity contribution in [1.29, 1.82) is 0 Å². The smallest absolute Gasteiger partial charge is 0.165 e. The molecule has 1 aromatic carbocycles. The number of aliphatic hydroxyl groups excluding tert-OH is 1. The van der Waals surface area contributed by atoms with E-state index in [9.17, 15) is 0 Å². The van der Waals surface area contributed by atoms with E-state index in [0.717, 1.165) is 5.56 Å². The summed E-state index contributed by atoms with van der Waals surface area (Å²) < 4.78 is 10.6. The topological polar surface area (TPSA) is 64.7 Å². The third-order valence-corrected chi connectivity index (χ3v) is 2.11. The lowest BCUT2D eigenvalue weighted by atomic mass is 10.1. The Morgan fingerprint density at radius 2 is 2.20 bits per heavy atom. The molecule has 1 rings (SSSR count). The van der Waals surface area contributed by atoms with Gasteiger partial charge in [-0.2, -0.15) is 0 Å². The largest absolute Gasteiger partial charge is 0.493 e. The maximum atomic E-state index is 9.01. The first kappa shape index (κ1) is 11.8. The predicted molar refractivity (Wildman–Crippen MR) is 58.2 cm³/mol. The zero-order chi connectivity index (χ0) is 11.3. The Morgan fingerprint density at radius 1 is 1.47 bits per heavy atom. The summed E-state index contributed by atoms with van der Waals surface area (Å²) >= 11 is 0. The summed E-state index contributed by atoms with van der Waals surface area (Å²) in [6, 6.07) is 5.02. The monoisotopic (exact) mass is 211 g/mol. The Hall–Kier alpha value is -1.26. The first-order valence-corrected chi connectivity index (χ1v) is 4.90. The molecule has 0 saturated carbocycles. The van der Waals surface area contributed by atoms with E-state index in [1.165, 1.54) is 0 Å². The van der Waals surface area contributed by atoms with E-state index in [1.54, 1.807) is 7.11 Å². The zero-order valence-electron chi connectivity index (χ0n) is 9.06. The average Bonchev–Trinajstić information content (AvgIpc) is 2.28. The number of aliphatic hydroxyl groups is 1. The first-order valence-electron chi connectivity index (χ1n) is 4.90. The van der Waals surface area contributed by atoms with E-state index < -0.39 is 6.04 Å². The third kappa shape index (κ3) is 2.61. The quantitative estimate of drug-likeness (QED) is 0.765. The van der Waals surface area contributed by atoms with Crippen LogP contribution in [0.1, 0.15) is 18.5 Å². The second-order valence-corrected chi connectivity index (χ2v) is 3.10. The maximum absolute atomic E-state index is 9.01. The number of hydrogen-bond donors (Lipinski definition) is 2. The van der Waals surface area contributed by atoms with Crippen molar-refractivity contribution in [3.05, 3.63) is 23.8 Å². The van der Waals surface area contributed by atoms with Crippen molar-refractivity contribution in [2.75, 3.05) is 20.3 Å². The van der Waals surface area contributed by atoms with Gasteiger partial charge in [-0.1, -0.05) is 12.1 Å². The average molecular weight is 211 g/mol. The van der Waals surface area contributed by atoms with E-state index in [-0.39, 0.29) is 6.61 Å². The van der Waals surface area contributed by atoms with Gasteiger partial charge in [0.2, 0.25) is 0 Å². The Labute approximate surface area is 89.6 Å². The summed E-state index contributed by atoms with van der Waals surface area (Å²) in [7, 11) is 1.56. The molecule has 3 N–H and O–H groups in total. The minimum Gasteiger partial charge on any atom is -0.493 e. The molecule has 0 fully saturated rings. The second kappa shape index (κ2) is 5.58. The van der Waals surface area contributed by atoms with E-state index in [2.05, 4.69) is 0 Å². The number of ether oxygens (including phenoxy) is 2. The first-order chi connectivity index (χ1) is 7.24. The highest BCUT2D eigenvalue weighted by molar-refractivity contribution is 5.48. The molecule has 0 radical (unpaired) electrons. The molecule has 84 valence electrons. The molecule has 0 bridgehead atoms. The summed E-state index contributed by atoms with van der Waals surface area (Å²) in [5, 5.41) is 9.01. The highest BCUT2D eigenvalue weighted by Crippen LogP contribution is 2.33. The van der Waals surface area contributed by atoms with Crippen molar-refractivity contribution in [2.45, 2.75) is 13.0 Å². The molecule has 0 heterocycles. The lowest BCUT2D eigenvalue weighted by Crippen LogP contribution is -2.15. The normalized spacial score (nSPS) is 12.3. The second-order valence-electron chi connectivity index (χ2n) is 3.10. The summed E-state index contributed by atoms with van der Waals surface area (Å²) in [6.45, 7) is 2.35. The molecule has 0 amide bonds. The van der Waals surface area contributed by atoms with Crippen LogP contribution in [0, 0.1) is 0 Å². The molecule has 1 aromatic rings. The number of hydrogen-bond acceptors (Lipinski definition) is 4. The van der Waals surface area contributed by atoms with Crippen molar-refractivity contribution < 1.29 is 14.6 Å². The Balaban J connectivity index is 3.09. The highest BCUT2D eigenvalue weighted by atomic mass is 16.5. The molecule has 0 unspecified atom stereocenters. The van der Waals surface area contributed by atoms with Gasteiger partial charge >= 0.3 is 0 Å². The van der Waals surface area contributed by atoms with E-state index >= 15 is 0 Å². The standard InChI is InChI=1S/C11H17NO3/c1-3-15-10-6-4-5-8(9(12)7-13)11(10)14-2/h4-6,9,13H,3,7,12H2,1-2H3/t9-/m1/s1. The molecule has 0 spiro atoms. The van der Waals surface area contributed by atoms with Crippen LogP contribution in [0.3, 0.4) is 0 Å². The molecular formula is C11H17NO3. The lowest BCUT2D eigenvalue weighted by Gasteiger charge is -2.16. The van der Waals surface area contributed by atoms with E-state index in [1.807, 2.05) is 25.1 Å². The zero-order valence-corrected chi connectivity index (χ0v) is 9.06. The molecule has 0 aliphatic rings. The van der Waals surface area contributed by atoms with Crippen molar-refractivity contribution in [2.24, 2.45) is 5.73 Å². The number of nitrogens with two attached hydrogens (primary N) is 1. The molecular weight excluding hydrogens is 194 g/mol. The summed E-state index contributed by atoms with van der Waals surface area (Å²) in [5.41, 5.74) is 6.51. The van der Waals surface area contributed by atoms with Crippen molar-refractivity contribution in [3.8, 4) is 11.5 Å². The Bertz CT molecular complexity index is 315. The van der Waals surface area contributed by atoms with Crippen molar-refractivity contribution >= 4 is 0 Å². The number of para-hydroxylation sites is 1. The van der Waals surface area contributed by atoms with Gasteiger partial charge in [0, 0.05) is 5.56 Å². The molecule has 4 nitrogen and oxygen atoms in total. The molecule has 1 atom stereocenters. The van der Waals surface area contributed by atoms with Gasteiger partial charge < -0.3 is 20.3 Å². The van der Waals surface area contributed by atoms with Crippen molar-refractivity contribution in [1.82, 2.24) is 0 Å². The summed E-state index contributed by atoms with van der Waals surface area (Å²) in [6.07, 6.45) is 0. The molecule has 0 aliphatic carbocycles. The minimum atomic E-state index is -0.444. The van der Waals surface area contributed by atoms with Crippen LogP contribution in [0.25, 0.3) is 0 Å². The van der Waals surface area contributed by atoms with Gasteiger partial charge in [0.1, 0.15) is 0 Å². The fourth-order valence-electron chi connectivity index (χ4n) is 1.41. The number of rotatable bonds is 5. The van der Waals surface area contributed by atoms with Crippen LogP contribution in [-0.2, 0) is 0 Å². The van der Waals surface area contributed by atoms with Gasteiger partial charge in [-0.25, -0.2) is 0 Å². The molecule has 0 saturated heterocycles. The number of benzene rings is 1. The highest BCUT2D eigenvalue weighted by Gasteiger charge is 2.14. The van der Waals surface area contributed by atoms with Gasteiger partial charge in [0.25, 0.3) is 0 Å². The predicted octanol–water partition coefficient (Wildman–Crippen LogP) is 1.09. The fraction of sp³-hybridized carbons (Fsp3) is 0.455. The molecule has 0 aromatic heterocycles. The van der Waals surface area contributed by atoms with Gasteiger partial charge in [-0.3, -0.25) is 0 Å². The number of methoxy groups -OCH3 is 1. The summed E-state index contributed by atoms with van der Waals surface area (Å²) in [5.74, 6) is 1.25. The fourth-order valence-corrected chi connectivity index (χ4v) is 1.41. The molecule has 15 heavy (non-hydrogen) atoms. The lowest BCUT2D eigenvalue weighted by molar-refractivity contribution is 0.261. The maximum Gasteiger partial charge on any atom is 0.165 e. The van der Waals surface area contributed by atoms with Gasteiger partial charge in [0.15, 0.2) is 11.5 Å². The molecule has 4 heteroatoms. The van der Waals surface area contributed by atoms with Gasteiger partial charge in [-0.05, 0) is 13.0 Å². The van der Waals surface area contributed by atoms with Crippen LogP contribution >= 0.6 is 0 Å². The molecule has 0 aliphatic heterocycles. The van der Waals surface area contributed by atoms with Crippen LogP contribution in [0.5, 0.6) is 11.5 Å². The van der Waals surface area contributed by atoms with Crippen LogP contribution in [0.15, 0.2) is 18.2 Å². The van der Waals surface area contributed by atoms with Crippen LogP contribution in [-0.4, -0.2) is 25.4 Å². The Morgan fingerprint density at radius 3 is 2.73 bits per heavy atom. The Kier molecular flexibility index (Phi) is 4.39. The van der Waals surface area contributed by atoms with E-state index in [0.29, 0.717) is 18.1 Å². The van der Waals surface area contributed by atoms with Gasteiger partial charge in [0.05, 0.1) is 26.4 Å². The summed E-state index contributed by atoms with van der Waals surface area (Å²) in [4.78, 5) is 0. The SMILES string of the molecule is CCOc1cccc([C@H](N)CO)c1OC. The van der Waals surface area contributed by atoms with Gasteiger partial charge in [-0.15, -0.1) is 0 Å². The van der Waals surface area contributed by atoms with Crippen LogP contribution < -0.4 is 15.2 Å². The van der Waals surface area contributed by atoms with Crippen LogP contribution in [0.2, 0.25) is 0 Å². The van der Waals surface area contributed by atoms with E-state index in [4.69, 9.17) is 20.3 Å². The minimum absolute atomic E-state index is 0.119. The third-order valence-electron chi connectivity index (χ3n) is 2.11. The van der Waals surface area contributed by atoms with Crippen molar-refractivity contribution in [3.63, 3.8) is 0 Å². The van der Waals surface area contributed by atoms with Crippen LogP contribution in [0.4, 0.5) is 0 Å².